The molecule has 1 rings (SSSR count). The molecule has 112 valence electrons. The molecule has 0 aliphatic carbocycles. The normalized spacial score (nSPS) is 11.3. The Hall–Kier alpha value is -1.57. The van der Waals surface area contributed by atoms with Crippen LogP contribution in [0.2, 0.25) is 0 Å². The molecule has 1 aromatic heterocycles. The highest BCUT2D eigenvalue weighted by atomic mass is 32.1. The average Bonchev–Trinajstić information content (AvgIpc) is 2.71. The molecule has 0 aliphatic heterocycles. The molecule has 0 radical (unpaired) electrons. The topological polar surface area (TPSA) is 40.6 Å². The number of carbonyl (C=O) groups is 2. The Kier molecular flexibility index (Phi) is 5.15. The molecule has 1 aromatic rings. The number of aryl methyl sites for hydroxylation is 1. The summed E-state index contributed by atoms with van der Waals surface area (Å²) in [6, 6.07) is 1.65. The minimum Gasteiger partial charge on any atom is -0.347 e. The molecule has 0 saturated carbocycles. The maximum Gasteiger partial charge on any atom is 0.406 e. The second-order valence-corrected chi connectivity index (χ2v) is 5.41. The number of alkyl halides is 3. The van der Waals surface area contributed by atoms with Gasteiger partial charge in [-0.15, -0.1) is 11.3 Å². The van der Waals surface area contributed by atoms with Gasteiger partial charge in [-0.2, -0.15) is 13.2 Å². The van der Waals surface area contributed by atoms with Crippen LogP contribution in [-0.4, -0.2) is 55.0 Å². The summed E-state index contributed by atoms with van der Waals surface area (Å²) >= 11 is 1.06. The summed E-state index contributed by atoms with van der Waals surface area (Å²) in [4.78, 5) is 25.6. The standard InChI is InChI=1S/C12H15F3N2O2S/c1-8-4-5-20-10(8)11(19)17(7-12(13,14)15)6-9(18)16(2)3/h4-5H,6-7H2,1-3H3. The van der Waals surface area contributed by atoms with Crippen molar-refractivity contribution in [3.8, 4) is 0 Å². The zero-order valence-electron chi connectivity index (χ0n) is 11.3. The van der Waals surface area contributed by atoms with Gasteiger partial charge in [0.1, 0.15) is 13.1 Å². The minimum atomic E-state index is -4.55. The number of nitrogens with zero attached hydrogens (tertiary/aromatic N) is 2. The Bertz CT molecular complexity index is 497. The van der Waals surface area contributed by atoms with Gasteiger partial charge in [-0.3, -0.25) is 9.59 Å². The Morgan fingerprint density at radius 1 is 1.30 bits per heavy atom. The average molecular weight is 308 g/mol. The van der Waals surface area contributed by atoms with Crippen molar-refractivity contribution in [3.05, 3.63) is 21.9 Å². The van der Waals surface area contributed by atoms with E-state index in [0.29, 0.717) is 10.5 Å². The first-order chi connectivity index (χ1) is 9.11. The fourth-order valence-electron chi connectivity index (χ4n) is 1.46. The van der Waals surface area contributed by atoms with E-state index < -0.39 is 31.1 Å². The number of carbonyl (C=O) groups excluding carboxylic acids is 2. The van der Waals surface area contributed by atoms with Crippen LogP contribution < -0.4 is 0 Å². The number of likely N-dealkylation sites (N-methyl/N-ethyl adjacent to an activating group) is 1. The molecule has 0 N–H and O–H groups in total. The molecule has 0 spiro atoms. The van der Waals surface area contributed by atoms with E-state index in [4.69, 9.17) is 0 Å². The largest absolute Gasteiger partial charge is 0.406 e. The summed E-state index contributed by atoms with van der Waals surface area (Å²) in [5.41, 5.74) is 0.601. The third kappa shape index (κ3) is 4.52. The van der Waals surface area contributed by atoms with Gasteiger partial charge in [0, 0.05) is 14.1 Å². The smallest absolute Gasteiger partial charge is 0.347 e. The molecular formula is C12H15F3N2O2S. The van der Waals surface area contributed by atoms with Gasteiger partial charge < -0.3 is 9.80 Å². The van der Waals surface area contributed by atoms with Crippen LogP contribution in [0, 0.1) is 6.92 Å². The maximum absolute atomic E-state index is 12.5. The Labute approximate surface area is 118 Å². The van der Waals surface area contributed by atoms with E-state index in [1.54, 1.807) is 18.4 Å². The van der Waals surface area contributed by atoms with Crippen molar-refractivity contribution in [2.45, 2.75) is 13.1 Å². The second-order valence-electron chi connectivity index (χ2n) is 4.50. The van der Waals surface area contributed by atoms with Crippen molar-refractivity contribution in [2.75, 3.05) is 27.2 Å². The van der Waals surface area contributed by atoms with Gasteiger partial charge in [0.25, 0.3) is 5.91 Å². The summed E-state index contributed by atoms with van der Waals surface area (Å²) in [5.74, 6) is -1.33. The fourth-order valence-corrected chi connectivity index (χ4v) is 2.35. The van der Waals surface area contributed by atoms with Gasteiger partial charge in [0.2, 0.25) is 5.91 Å². The van der Waals surface area contributed by atoms with Crippen molar-refractivity contribution in [2.24, 2.45) is 0 Å². The lowest BCUT2D eigenvalue weighted by Gasteiger charge is -2.24. The Morgan fingerprint density at radius 3 is 2.30 bits per heavy atom. The van der Waals surface area contributed by atoms with Gasteiger partial charge in [-0.05, 0) is 23.9 Å². The summed E-state index contributed by atoms with van der Waals surface area (Å²) < 4.78 is 37.6. The maximum atomic E-state index is 12.5. The van der Waals surface area contributed by atoms with E-state index in [9.17, 15) is 22.8 Å². The number of thiophene rings is 1. The third-order valence-electron chi connectivity index (χ3n) is 2.54. The van der Waals surface area contributed by atoms with Crippen LogP contribution in [0.5, 0.6) is 0 Å². The van der Waals surface area contributed by atoms with E-state index in [2.05, 4.69) is 0 Å². The summed E-state index contributed by atoms with van der Waals surface area (Å²) in [6.07, 6.45) is -4.55. The van der Waals surface area contributed by atoms with Gasteiger partial charge in [-0.25, -0.2) is 0 Å². The molecule has 0 fully saturated rings. The first kappa shape index (κ1) is 16.5. The molecule has 20 heavy (non-hydrogen) atoms. The van der Waals surface area contributed by atoms with Crippen LogP contribution in [0.4, 0.5) is 13.2 Å². The lowest BCUT2D eigenvalue weighted by molar-refractivity contribution is -0.146. The number of amides is 2. The molecule has 8 heteroatoms. The molecule has 0 saturated heterocycles. The highest BCUT2D eigenvalue weighted by molar-refractivity contribution is 7.12. The van der Waals surface area contributed by atoms with Gasteiger partial charge in [0.15, 0.2) is 0 Å². The molecule has 4 nitrogen and oxygen atoms in total. The van der Waals surface area contributed by atoms with Crippen molar-refractivity contribution in [3.63, 3.8) is 0 Å². The van der Waals surface area contributed by atoms with E-state index in [0.717, 1.165) is 16.2 Å². The number of rotatable bonds is 4. The van der Waals surface area contributed by atoms with Crippen molar-refractivity contribution in [1.82, 2.24) is 9.80 Å². The molecular weight excluding hydrogens is 293 g/mol. The van der Waals surface area contributed by atoms with Crippen molar-refractivity contribution < 1.29 is 22.8 Å². The lowest BCUT2D eigenvalue weighted by Crippen LogP contribution is -2.44. The predicted octanol–water partition coefficient (Wildman–Crippen LogP) is 2.15. The number of hydrogen-bond donors (Lipinski definition) is 0. The molecule has 0 atom stereocenters. The van der Waals surface area contributed by atoms with Crippen LogP contribution in [0.15, 0.2) is 11.4 Å². The van der Waals surface area contributed by atoms with Crippen molar-refractivity contribution >= 4 is 23.2 Å². The Balaban J connectivity index is 2.95. The zero-order chi connectivity index (χ0) is 15.5. The van der Waals surface area contributed by atoms with Crippen LogP contribution in [0.3, 0.4) is 0 Å². The lowest BCUT2D eigenvalue weighted by atomic mass is 10.2. The summed E-state index contributed by atoms with van der Waals surface area (Å²) in [6.45, 7) is -0.394. The summed E-state index contributed by atoms with van der Waals surface area (Å²) in [7, 11) is 2.85. The number of hydrogen-bond acceptors (Lipinski definition) is 3. The van der Waals surface area contributed by atoms with E-state index in [1.807, 2.05) is 0 Å². The van der Waals surface area contributed by atoms with Gasteiger partial charge in [0.05, 0.1) is 4.88 Å². The third-order valence-corrected chi connectivity index (χ3v) is 3.54. The second kappa shape index (κ2) is 6.25. The minimum absolute atomic E-state index is 0.223. The summed E-state index contributed by atoms with van der Waals surface area (Å²) in [5, 5.41) is 1.63. The molecule has 0 unspecified atom stereocenters. The highest BCUT2D eigenvalue weighted by Gasteiger charge is 2.35. The molecule has 2 amide bonds. The van der Waals surface area contributed by atoms with E-state index >= 15 is 0 Å². The van der Waals surface area contributed by atoms with Gasteiger partial charge >= 0.3 is 6.18 Å². The van der Waals surface area contributed by atoms with Crippen LogP contribution >= 0.6 is 11.3 Å². The van der Waals surface area contributed by atoms with E-state index in [-0.39, 0.29) is 4.88 Å². The van der Waals surface area contributed by atoms with Crippen LogP contribution in [0.25, 0.3) is 0 Å². The fraction of sp³-hybridized carbons (Fsp3) is 0.500. The highest BCUT2D eigenvalue weighted by Crippen LogP contribution is 2.22. The number of halogens is 3. The molecule has 0 bridgehead atoms. The predicted molar refractivity (Wildman–Crippen MR) is 69.7 cm³/mol. The molecule has 1 heterocycles. The first-order valence-electron chi connectivity index (χ1n) is 5.72. The molecule has 0 aliphatic rings. The SMILES string of the molecule is Cc1ccsc1C(=O)N(CC(=O)N(C)C)CC(F)(F)F. The van der Waals surface area contributed by atoms with E-state index in [1.165, 1.54) is 14.1 Å². The Morgan fingerprint density at radius 2 is 1.90 bits per heavy atom. The zero-order valence-corrected chi connectivity index (χ0v) is 12.1. The quantitative estimate of drug-likeness (QED) is 0.855. The molecule has 0 aromatic carbocycles. The van der Waals surface area contributed by atoms with Gasteiger partial charge in [-0.1, -0.05) is 0 Å². The monoisotopic (exact) mass is 308 g/mol. The van der Waals surface area contributed by atoms with Crippen molar-refractivity contribution in [1.29, 1.82) is 0 Å². The first-order valence-corrected chi connectivity index (χ1v) is 6.60. The van der Waals surface area contributed by atoms with Crippen LogP contribution in [0.1, 0.15) is 15.2 Å². The van der Waals surface area contributed by atoms with Crippen LogP contribution in [-0.2, 0) is 4.79 Å².